The third-order valence-electron chi connectivity index (χ3n) is 7.87. The summed E-state index contributed by atoms with van der Waals surface area (Å²) in [6.07, 6.45) is 2.39. The zero-order valence-corrected chi connectivity index (χ0v) is 34.8. The molecule has 7 rings (SSSR count). The van der Waals surface area contributed by atoms with Crippen molar-refractivity contribution in [2.24, 2.45) is 0 Å². The van der Waals surface area contributed by atoms with Gasteiger partial charge in [-0.1, -0.05) is 12.1 Å². The fourth-order valence-electron chi connectivity index (χ4n) is 5.36. The van der Waals surface area contributed by atoms with Crippen molar-refractivity contribution in [3.05, 3.63) is 63.0 Å². The first-order valence-electron chi connectivity index (χ1n) is 17.8. The van der Waals surface area contributed by atoms with Crippen molar-refractivity contribution in [2.75, 3.05) is 25.4 Å². The summed E-state index contributed by atoms with van der Waals surface area (Å²) in [6.45, 7) is 18.6. The smallest absolute Gasteiger partial charge is 0.410 e. The van der Waals surface area contributed by atoms with Crippen LogP contribution in [0.4, 0.5) is 9.80 Å². The molecule has 3 N–H and O–H groups in total. The minimum atomic E-state index is -0.490. The van der Waals surface area contributed by atoms with Crippen LogP contribution in [-0.2, 0) is 38.4 Å². The topological polar surface area (TPSA) is 161 Å². The largest absolute Gasteiger partial charge is 0.462 e. The molecule has 0 unspecified atom stereocenters. The van der Waals surface area contributed by atoms with Gasteiger partial charge in [0.2, 0.25) is 0 Å². The molecule has 2 aliphatic heterocycles. The van der Waals surface area contributed by atoms with Gasteiger partial charge in [-0.05, 0) is 103 Å². The number of nitrogens with zero attached hydrogens (tertiary/aromatic N) is 4. The molecule has 5 heterocycles. The average Bonchev–Trinajstić information content (AvgIpc) is 3.77. The second-order valence-electron chi connectivity index (χ2n) is 14.9. The molecule has 0 radical (unpaired) electrons. The molecular weight excluding hydrogens is 741 g/mol. The van der Waals surface area contributed by atoms with E-state index >= 15 is 0 Å². The number of carbonyl (C=O) groups excluding carboxylic acids is 3. The minimum absolute atomic E-state index is 0.267. The van der Waals surface area contributed by atoms with Crippen LogP contribution in [0.3, 0.4) is 0 Å². The van der Waals surface area contributed by atoms with Crippen LogP contribution in [0.2, 0.25) is 0 Å². The van der Waals surface area contributed by atoms with Crippen LogP contribution in [0.1, 0.15) is 81.0 Å². The summed E-state index contributed by atoms with van der Waals surface area (Å²) < 4.78 is 12.4. The second-order valence-corrected chi connectivity index (χ2v) is 18.2. The number of hydrogen-bond donors (Lipinski definition) is 2. The van der Waals surface area contributed by atoms with Crippen molar-refractivity contribution in [3.8, 4) is 16.6 Å². The maximum atomic E-state index is 12.4. The van der Waals surface area contributed by atoms with Crippen LogP contribution in [0.25, 0.3) is 31.0 Å². The molecule has 14 heteroatoms. The molecule has 0 aliphatic carbocycles. The number of benzene rings is 2. The van der Waals surface area contributed by atoms with Gasteiger partial charge in [0.25, 0.3) is 6.47 Å². The molecular formula is C40H50N6O5S3. The number of rotatable bonds is 3. The monoisotopic (exact) mass is 790 g/mol. The number of fused-ring (bicyclic) bond motifs is 3. The predicted octanol–water partition coefficient (Wildman–Crippen LogP) is 8.78. The molecule has 54 heavy (non-hydrogen) atoms. The molecule has 5 aromatic rings. The highest BCUT2D eigenvalue weighted by Gasteiger charge is 2.30. The Morgan fingerprint density at radius 1 is 0.944 bits per heavy atom. The number of thiophene rings is 1. The number of ketones is 1. The van der Waals surface area contributed by atoms with Gasteiger partial charge in [0, 0.05) is 42.9 Å². The summed E-state index contributed by atoms with van der Waals surface area (Å²) in [4.78, 5) is 44.5. The molecule has 2 aliphatic rings. The molecule has 2 aromatic carbocycles. The van der Waals surface area contributed by atoms with E-state index in [1.165, 1.54) is 21.4 Å². The number of aromatic nitrogens is 2. The number of ether oxygens (including phenoxy) is 2. The van der Waals surface area contributed by atoms with Gasteiger partial charge in [0.1, 0.15) is 27.0 Å². The van der Waals surface area contributed by atoms with Crippen LogP contribution < -0.4 is 11.1 Å². The Bertz CT molecular complexity index is 2110. The number of amides is 1. The van der Waals surface area contributed by atoms with Crippen LogP contribution in [0.15, 0.2) is 36.4 Å². The molecule has 11 nitrogen and oxygen atoms in total. The summed E-state index contributed by atoms with van der Waals surface area (Å²) in [6, 6.07) is 14.6. The number of nitrogens with one attached hydrogen (secondary N) is 1. The number of nitriles is 1. The number of Topliss-reactive ketones (excluding diaryl/α,β-unsaturated/α-hetero) is 1. The normalized spacial score (nSPS) is 14.0. The van der Waals surface area contributed by atoms with Gasteiger partial charge in [0.05, 0.1) is 44.5 Å². The lowest BCUT2D eigenvalue weighted by Gasteiger charge is -2.30. The maximum Gasteiger partial charge on any atom is 0.410 e. The molecule has 1 saturated heterocycles. The van der Waals surface area contributed by atoms with Gasteiger partial charge in [-0.25, -0.2) is 14.8 Å². The van der Waals surface area contributed by atoms with Crippen LogP contribution in [-0.4, -0.2) is 64.1 Å². The molecule has 0 saturated carbocycles. The zero-order valence-electron chi connectivity index (χ0n) is 32.3. The van der Waals surface area contributed by atoms with Crippen molar-refractivity contribution in [2.45, 2.75) is 98.8 Å². The lowest BCUT2D eigenvalue weighted by atomic mass is 10.0. The van der Waals surface area contributed by atoms with Crippen LogP contribution in [0.5, 0.6) is 0 Å². The lowest BCUT2D eigenvalue weighted by molar-refractivity contribution is -0.138. The lowest BCUT2D eigenvalue weighted by Crippen LogP contribution is -2.39. The van der Waals surface area contributed by atoms with E-state index in [1.807, 2.05) is 54.5 Å². The third kappa shape index (κ3) is 12.6. The Balaban J connectivity index is 0.000000197. The molecule has 0 bridgehead atoms. The molecule has 288 valence electrons. The Hall–Kier alpha value is -4.42. The van der Waals surface area contributed by atoms with E-state index in [9.17, 15) is 14.4 Å². The summed E-state index contributed by atoms with van der Waals surface area (Å²) in [7, 11) is 0. The quantitative estimate of drug-likeness (QED) is 0.169. The Morgan fingerprint density at radius 2 is 1.56 bits per heavy atom. The second kappa shape index (κ2) is 18.8. The fourth-order valence-corrected chi connectivity index (χ4v) is 8.48. The molecule has 0 atom stereocenters. The van der Waals surface area contributed by atoms with E-state index in [2.05, 4.69) is 58.4 Å². The first kappa shape index (κ1) is 42.3. The zero-order chi connectivity index (χ0) is 39.6. The number of aryl methyl sites for hydroxylation is 2. The number of nitrogen functional groups attached to an aromatic ring is 1. The third-order valence-corrected chi connectivity index (χ3v) is 11.0. The first-order valence-corrected chi connectivity index (χ1v) is 20.2. The van der Waals surface area contributed by atoms with Gasteiger partial charge in [-0.3, -0.25) is 9.59 Å². The fraction of sp³-hybridized carbons (Fsp3) is 0.450. The number of nitrogens with two attached hydrogens (primary N) is 1. The van der Waals surface area contributed by atoms with Gasteiger partial charge in [0.15, 0.2) is 0 Å². The Morgan fingerprint density at radius 3 is 2.07 bits per heavy atom. The number of carbonyl (C=O) groups is 3. The van der Waals surface area contributed by atoms with Crippen molar-refractivity contribution in [1.82, 2.24) is 20.2 Å². The number of anilines is 1. The number of piperidine rings is 1. The van der Waals surface area contributed by atoms with Gasteiger partial charge in [-0.2, -0.15) is 5.26 Å². The van der Waals surface area contributed by atoms with Crippen molar-refractivity contribution < 1.29 is 23.9 Å². The minimum Gasteiger partial charge on any atom is -0.462 e. The molecule has 0 spiro atoms. The van der Waals surface area contributed by atoms with Gasteiger partial charge in [-0.15, -0.1) is 34.0 Å². The summed E-state index contributed by atoms with van der Waals surface area (Å²) in [5.74, 6) is 0.402. The summed E-state index contributed by atoms with van der Waals surface area (Å²) >= 11 is 4.83. The van der Waals surface area contributed by atoms with E-state index in [0.29, 0.717) is 31.8 Å². The number of hydrogen-bond acceptors (Lipinski definition) is 13. The van der Waals surface area contributed by atoms with Crippen molar-refractivity contribution in [1.29, 1.82) is 5.26 Å². The molecule has 3 aromatic heterocycles. The van der Waals surface area contributed by atoms with Crippen LogP contribution >= 0.6 is 34.0 Å². The highest BCUT2D eigenvalue weighted by Crippen LogP contribution is 2.44. The van der Waals surface area contributed by atoms with Crippen molar-refractivity contribution in [3.63, 3.8) is 0 Å². The van der Waals surface area contributed by atoms with E-state index < -0.39 is 5.60 Å². The SMILES string of the molecule is CC(C)(C)OC=O.Cc1ccc2sc(-c3c(N)sc4c3CCN(C(=O)OC(C)(C)C)C4)nc2c1.Cc1ccc2sc(CC#N)nc2c1.O=C1CCNCC1. The van der Waals surface area contributed by atoms with E-state index in [1.54, 1.807) is 38.9 Å². The van der Waals surface area contributed by atoms with E-state index in [4.69, 9.17) is 20.7 Å². The molecule has 1 fully saturated rings. The van der Waals surface area contributed by atoms with Gasteiger partial charge >= 0.3 is 6.09 Å². The standard InChI is InChI=1S/C20H23N3O2S2.C10H8N2S.C5H9NO.C5H10O2/c1-11-5-6-14-13(9-11)22-18(27-14)16-12-7-8-23(10-15(12)26-17(16)21)19(24)25-20(2,3)4;1-7-2-3-9-8(6-7)12-10(13-9)4-5-11;7-5-1-3-6-4-2-5;1-5(2,3)7-4-6/h5-6,9H,7-8,10,21H2,1-4H3;2-3,6H,4H2,1H3;6H,1-4H2;4H,1-3H3. The van der Waals surface area contributed by atoms with Crippen LogP contribution in [0, 0.1) is 25.2 Å². The van der Waals surface area contributed by atoms with Gasteiger partial charge < -0.3 is 25.4 Å². The number of thiazole rings is 2. The summed E-state index contributed by atoms with van der Waals surface area (Å²) in [5.41, 5.74) is 12.3. The highest BCUT2D eigenvalue weighted by molar-refractivity contribution is 7.22. The molecule has 1 amide bonds. The highest BCUT2D eigenvalue weighted by atomic mass is 32.1. The summed E-state index contributed by atoms with van der Waals surface area (Å²) in [5, 5.41) is 14.3. The Labute approximate surface area is 329 Å². The van der Waals surface area contributed by atoms with E-state index in [0.717, 1.165) is 73.5 Å². The predicted molar refractivity (Wildman–Crippen MR) is 220 cm³/mol. The Kier molecular flexibility index (Phi) is 14.7. The van der Waals surface area contributed by atoms with E-state index in [-0.39, 0.29) is 11.7 Å². The maximum absolute atomic E-state index is 12.4. The van der Waals surface area contributed by atoms with Crippen molar-refractivity contribution >= 4 is 77.8 Å². The first-order chi connectivity index (χ1) is 25.5. The average molecular weight is 791 g/mol.